The Morgan fingerprint density at radius 3 is 2.62 bits per heavy atom. The van der Waals surface area contributed by atoms with Crippen LogP contribution in [0, 0.1) is 5.41 Å². The Hall–Kier alpha value is -1.85. The summed E-state index contributed by atoms with van der Waals surface area (Å²) in [4.78, 5) is 27.9. The fourth-order valence-corrected chi connectivity index (χ4v) is 2.94. The summed E-state index contributed by atoms with van der Waals surface area (Å²) in [6, 6.07) is 0. The number of hydrogen-bond donors (Lipinski definition) is 2. The summed E-state index contributed by atoms with van der Waals surface area (Å²) in [5, 5.41) is 12.6. The first-order valence-corrected chi connectivity index (χ1v) is 7.62. The van der Waals surface area contributed by atoms with Gasteiger partial charge in [-0.05, 0) is 19.8 Å². The summed E-state index contributed by atoms with van der Waals surface area (Å²) in [5.41, 5.74) is -0.980. The summed E-state index contributed by atoms with van der Waals surface area (Å²) >= 11 is 0. The molecule has 21 heavy (non-hydrogen) atoms. The molecule has 0 unspecified atom stereocenters. The van der Waals surface area contributed by atoms with E-state index in [4.69, 9.17) is 0 Å². The van der Waals surface area contributed by atoms with Gasteiger partial charge >= 0.3 is 5.97 Å². The molecule has 0 radical (unpaired) electrons. The van der Waals surface area contributed by atoms with E-state index in [9.17, 15) is 14.7 Å². The Kier molecular flexibility index (Phi) is 4.98. The molecule has 6 heteroatoms. The van der Waals surface area contributed by atoms with E-state index in [0.29, 0.717) is 19.4 Å². The number of aryl methyl sites for hydroxylation is 1. The normalized spacial score (nSPS) is 18.0. The van der Waals surface area contributed by atoms with Crippen molar-refractivity contribution >= 4 is 11.8 Å². The molecule has 0 spiro atoms. The monoisotopic (exact) mass is 293 g/mol. The highest BCUT2D eigenvalue weighted by Gasteiger charge is 2.38. The molecule has 1 aliphatic carbocycles. The van der Waals surface area contributed by atoms with Gasteiger partial charge in [0.05, 0.1) is 5.41 Å². The molecule has 1 aliphatic rings. The van der Waals surface area contributed by atoms with Crippen molar-refractivity contribution in [2.24, 2.45) is 5.41 Å². The van der Waals surface area contributed by atoms with Gasteiger partial charge in [-0.3, -0.25) is 9.59 Å². The lowest BCUT2D eigenvalue weighted by atomic mass is 9.80. The molecular formula is C15H23N3O3. The lowest BCUT2D eigenvalue weighted by molar-refractivity contribution is -0.149. The van der Waals surface area contributed by atoms with E-state index in [1.165, 1.54) is 0 Å². The molecule has 0 amide bonds. The first kappa shape index (κ1) is 15.5. The number of carboxylic acid groups (broad SMARTS) is 1. The Bertz CT molecular complexity index is 545. The van der Waals surface area contributed by atoms with Crippen molar-refractivity contribution in [2.45, 2.75) is 52.0 Å². The van der Waals surface area contributed by atoms with Crippen LogP contribution in [-0.2, 0) is 11.3 Å². The molecule has 0 saturated heterocycles. The first-order chi connectivity index (χ1) is 10.1. The minimum absolute atomic E-state index is 0.200. The van der Waals surface area contributed by atoms with Gasteiger partial charge in [0.1, 0.15) is 0 Å². The van der Waals surface area contributed by atoms with Gasteiger partial charge < -0.3 is 15.0 Å². The fraction of sp³-hybridized carbons (Fsp3) is 0.667. The molecule has 1 heterocycles. The highest BCUT2D eigenvalue weighted by molar-refractivity contribution is 5.75. The van der Waals surface area contributed by atoms with Gasteiger partial charge in [-0.2, -0.15) is 0 Å². The smallest absolute Gasteiger partial charge is 0.311 e. The van der Waals surface area contributed by atoms with E-state index >= 15 is 0 Å². The standard InChI is InChI=1S/C15H23N3O3/c1-2-18-10-9-16-12(13(18)19)17-11-15(14(20)21)7-5-3-4-6-8-15/h9-10H,2-8,11H2,1H3,(H,16,17)(H,20,21). The van der Waals surface area contributed by atoms with Crippen LogP contribution in [0.2, 0.25) is 0 Å². The molecule has 1 saturated carbocycles. The van der Waals surface area contributed by atoms with Crippen LogP contribution in [0.3, 0.4) is 0 Å². The summed E-state index contributed by atoms with van der Waals surface area (Å²) in [6.07, 6.45) is 8.53. The Morgan fingerprint density at radius 2 is 2.05 bits per heavy atom. The largest absolute Gasteiger partial charge is 0.481 e. The number of carbonyl (C=O) groups is 1. The quantitative estimate of drug-likeness (QED) is 0.812. The van der Waals surface area contributed by atoms with E-state index in [0.717, 1.165) is 25.7 Å². The van der Waals surface area contributed by atoms with E-state index in [1.54, 1.807) is 17.0 Å². The number of hydrogen-bond acceptors (Lipinski definition) is 4. The molecule has 0 atom stereocenters. The second-order valence-corrected chi connectivity index (χ2v) is 5.72. The molecule has 2 N–H and O–H groups in total. The SMILES string of the molecule is CCn1ccnc(NCC2(C(=O)O)CCCCCC2)c1=O. The highest BCUT2D eigenvalue weighted by atomic mass is 16.4. The highest BCUT2D eigenvalue weighted by Crippen LogP contribution is 2.35. The Balaban J connectivity index is 2.16. The molecule has 1 aromatic rings. The molecular weight excluding hydrogens is 270 g/mol. The first-order valence-electron chi connectivity index (χ1n) is 7.62. The molecule has 0 aliphatic heterocycles. The van der Waals surface area contributed by atoms with Gasteiger partial charge in [-0.25, -0.2) is 4.98 Å². The van der Waals surface area contributed by atoms with Crippen LogP contribution in [-0.4, -0.2) is 27.2 Å². The van der Waals surface area contributed by atoms with Gasteiger partial charge in [-0.15, -0.1) is 0 Å². The maximum absolute atomic E-state index is 12.1. The second kappa shape index (κ2) is 6.74. The summed E-state index contributed by atoms with van der Waals surface area (Å²) in [7, 11) is 0. The van der Waals surface area contributed by atoms with E-state index < -0.39 is 11.4 Å². The van der Waals surface area contributed by atoms with Crippen molar-refractivity contribution in [3.05, 3.63) is 22.7 Å². The van der Waals surface area contributed by atoms with Crippen molar-refractivity contribution in [3.63, 3.8) is 0 Å². The maximum atomic E-state index is 12.1. The van der Waals surface area contributed by atoms with Crippen molar-refractivity contribution in [1.29, 1.82) is 0 Å². The third-order valence-corrected chi connectivity index (χ3v) is 4.36. The second-order valence-electron chi connectivity index (χ2n) is 5.72. The van der Waals surface area contributed by atoms with Gasteiger partial charge in [-0.1, -0.05) is 25.7 Å². The van der Waals surface area contributed by atoms with Crippen LogP contribution in [0.25, 0.3) is 0 Å². The number of rotatable bonds is 5. The van der Waals surface area contributed by atoms with Gasteiger partial charge in [0, 0.05) is 25.5 Å². The molecule has 0 aromatic carbocycles. The number of nitrogens with zero attached hydrogens (tertiary/aromatic N) is 2. The number of aromatic nitrogens is 2. The minimum Gasteiger partial charge on any atom is -0.481 e. The molecule has 1 fully saturated rings. The Labute approximate surface area is 124 Å². The van der Waals surface area contributed by atoms with Crippen LogP contribution in [0.1, 0.15) is 45.4 Å². The topological polar surface area (TPSA) is 84.2 Å². The lowest BCUT2D eigenvalue weighted by Gasteiger charge is -2.28. The van der Waals surface area contributed by atoms with Crippen LogP contribution in [0.15, 0.2) is 17.2 Å². The van der Waals surface area contributed by atoms with Crippen molar-refractivity contribution in [3.8, 4) is 0 Å². The Morgan fingerprint density at radius 1 is 1.38 bits per heavy atom. The zero-order chi connectivity index (χ0) is 15.3. The van der Waals surface area contributed by atoms with Crippen molar-refractivity contribution in [2.75, 3.05) is 11.9 Å². The summed E-state index contributed by atoms with van der Waals surface area (Å²) in [6.45, 7) is 2.72. The molecule has 2 rings (SSSR count). The summed E-state index contributed by atoms with van der Waals surface area (Å²) in [5.74, 6) is -0.534. The number of anilines is 1. The molecule has 116 valence electrons. The van der Waals surface area contributed by atoms with Crippen LogP contribution >= 0.6 is 0 Å². The van der Waals surface area contributed by atoms with Crippen molar-refractivity contribution < 1.29 is 9.90 Å². The molecule has 6 nitrogen and oxygen atoms in total. The maximum Gasteiger partial charge on any atom is 0.311 e. The average Bonchev–Trinajstić information content (AvgIpc) is 2.73. The third-order valence-electron chi connectivity index (χ3n) is 4.36. The van der Waals surface area contributed by atoms with Crippen molar-refractivity contribution in [1.82, 2.24) is 9.55 Å². The summed E-state index contributed by atoms with van der Waals surface area (Å²) < 4.78 is 1.55. The van der Waals surface area contributed by atoms with E-state index in [2.05, 4.69) is 10.3 Å². The van der Waals surface area contributed by atoms with Gasteiger partial charge in [0.25, 0.3) is 5.56 Å². The average molecular weight is 293 g/mol. The third kappa shape index (κ3) is 3.43. The predicted octanol–water partition coefficient (Wildman–Crippen LogP) is 2.10. The van der Waals surface area contributed by atoms with Crippen LogP contribution in [0.5, 0.6) is 0 Å². The van der Waals surface area contributed by atoms with Crippen LogP contribution < -0.4 is 10.9 Å². The number of nitrogens with one attached hydrogen (secondary N) is 1. The van der Waals surface area contributed by atoms with E-state index in [1.807, 2.05) is 6.92 Å². The number of aliphatic carboxylic acids is 1. The molecule has 1 aromatic heterocycles. The zero-order valence-corrected chi connectivity index (χ0v) is 12.5. The predicted molar refractivity (Wildman–Crippen MR) is 80.4 cm³/mol. The number of carboxylic acids is 1. The zero-order valence-electron chi connectivity index (χ0n) is 12.5. The van der Waals surface area contributed by atoms with Gasteiger partial charge in [0.2, 0.25) is 0 Å². The fourth-order valence-electron chi connectivity index (χ4n) is 2.94. The molecule has 0 bridgehead atoms. The lowest BCUT2D eigenvalue weighted by Crippen LogP contribution is -2.39. The van der Waals surface area contributed by atoms with Gasteiger partial charge in [0.15, 0.2) is 5.82 Å². The van der Waals surface area contributed by atoms with Crippen LogP contribution in [0.4, 0.5) is 5.82 Å². The minimum atomic E-state index is -0.780. The van der Waals surface area contributed by atoms with E-state index in [-0.39, 0.29) is 17.9 Å².